The van der Waals surface area contributed by atoms with Gasteiger partial charge in [0.25, 0.3) is 0 Å². The van der Waals surface area contributed by atoms with Crippen LogP contribution in [0.1, 0.15) is 45.4 Å². The number of rotatable bonds is 6. The van der Waals surface area contributed by atoms with Crippen molar-refractivity contribution < 1.29 is 61.3 Å². The second-order valence-electron chi connectivity index (χ2n) is 2.54. The molecule has 0 rings (SSSR count). The molecule has 0 aromatic rings. The van der Waals surface area contributed by atoms with Crippen molar-refractivity contribution in [2.24, 2.45) is 0 Å². The molecule has 0 aliphatic heterocycles. The Morgan fingerprint density at radius 2 is 1.67 bits per heavy atom. The van der Waals surface area contributed by atoms with Gasteiger partial charge in [-0.3, -0.25) is 0 Å². The van der Waals surface area contributed by atoms with Crippen LogP contribution in [0.25, 0.3) is 0 Å². The number of carbonyl (C=O) groups excluding carboxylic acids is 1. The summed E-state index contributed by atoms with van der Waals surface area (Å²) in [6.07, 6.45) is 5.61. The summed E-state index contributed by atoms with van der Waals surface area (Å²) < 4.78 is 0. The van der Waals surface area contributed by atoms with E-state index in [-0.39, 0.29) is 87.4 Å². The molecular weight excluding hydrogens is 190 g/mol. The van der Waals surface area contributed by atoms with E-state index in [2.05, 4.69) is 6.92 Å². The molecule has 0 aromatic carbocycles. The SMILES string of the molecule is CCCCCCCC(=O)[O-].[K+].[NaH]. The van der Waals surface area contributed by atoms with Crippen molar-refractivity contribution in [1.29, 1.82) is 0 Å². The molecule has 0 spiro atoms. The fourth-order valence-electron chi connectivity index (χ4n) is 0.873. The third kappa shape index (κ3) is 18.0. The van der Waals surface area contributed by atoms with Crippen molar-refractivity contribution in [3.05, 3.63) is 0 Å². The van der Waals surface area contributed by atoms with Crippen LogP contribution in [0.5, 0.6) is 0 Å². The van der Waals surface area contributed by atoms with Crippen molar-refractivity contribution >= 4 is 35.5 Å². The molecule has 12 heavy (non-hydrogen) atoms. The summed E-state index contributed by atoms with van der Waals surface area (Å²) in [5.41, 5.74) is 0. The summed E-state index contributed by atoms with van der Waals surface area (Å²) in [5, 5.41) is 9.92. The molecule has 4 heteroatoms. The zero-order chi connectivity index (χ0) is 7.82. The van der Waals surface area contributed by atoms with E-state index in [9.17, 15) is 9.90 Å². The molecule has 0 heterocycles. The molecule has 2 nitrogen and oxygen atoms in total. The Balaban J connectivity index is -0.000000405. The van der Waals surface area contributed by atoms with Crippen LogP contribution in [-0.4, -0.2) is 35.5 Å². The molecule has 0 aliphatic carbocycles. The number of carbonyl (C=O) groups is 1. The van der Waals surface area contributed by atoms with Crippen LogP contribution in [-0.2, 0) is 4.79 Å². The molecule has 0 saturated carbocycles. The van der Waals surface area contributed by atoms with Gasteiger partial charge in [-0.25, -0.2) is 0 Å². The van der Waals surface area contributed by atoms with Gasteiger partial charge in [-0.1, -0.05) is 32.6 Å². The Labute approximate surface area is 140 Å². The van der Waals surface area contributed by atoms with Crippen LogP contribution in [0.2, 0.25) is 0 Å². The van der Waals surface area contributed by atoms with Gasteiger partial charge in [0.2, 0.25) is 0 Å². The third-order valence-electron chi connectivity index (χ3n) is 1.48. The summed E-state index contributed by atoms with van der Waals surface area (Å²) in [6.45, 7) is 2.14. The number of hydrogen-bond acceptors (Lipinski definition) is 2. The molecule has 0 aliphatic rings. The summed E-state index contributed by atoms with van der Waals surface area (Å²) in [6, 6.07) is 0. The predicted molar refractivity (Wildman–Crippen MR) is 45.5 cm³/mol. The first-order valence-electron chi connectivity index (χ1n) is 3.97. The molecule has 62 valence electrons. The maximum absolute atomic E-state index is 9.92. The van der Waals surface area contributed by atoms with Crippen molar-refractivity contribution in [3.63, 3.8) is 0 Å². The molecule has 0 radical (unpaired) electrons. The molecule has 0 saturated heterocycles. The minimum atomic E-state index is -0.920. The van der Waals surface area contributed by atoms with Crippen LogP contribution in [0.15, 0.2) is 0 Å². The number of hydrogen-bond donors (Lipinski definition) is 0. The Bertz CT molecular complexity index is 99.1. The van der Waals surface area contributed by atoms with E-state index < -0.39 is 5.97 Å². The van der Waals surface area contributed by atoms with E-state index in [1.54, 1.807) is 0 Å². The van der Waals surface area contributed by atoms with Gasteiger partial charge in [0.05, 0.1) is 0 Å². The van der Waals surface area contributed by atoms with Crippen LogP contribution in [0.4, 0.5) is 0 Å². The van der Waals surface area contributed by atoms with E-state index in [1.807, 2.05) is 0 Å². The molecule has 0 fully saturated rings. The average molecular weight is 206 g/mol. The molecule has 0 bridgehead atoms. The van der Waals surface area contributed by atoms with Crippen molar-refractivity contribution in [1.82, 2.24) is 0 Å². The van der Waals surface area contributed by atoms with E-state index in [0.717, 1.165) is 19.3 Å². The normalized spacial score (nSPS) is 8.08. The first kappa shape index (κ1) is 19.6. The van der Waals surface area contributed by atoms with E-state index in [4.69, 9.17) is 0 Å². The summed E-state index contributed by atoms with van der Waals surface area (Å²) in [4.78, 5) is 9.92. The number of unbranched alkanes of at least 4 members (excludes halogenated alkanes) is 4. The molecule has 0 aromatic heterocycles. The number of aliphatic carboxylic acids is 1. The number of carboxylic acid groups (broad SMARTS) is 1. The molecule has 0 unspecified atom stereocenters. The Kier molecular flexibility index (Phi) is 25.5. The van der Waals surface area contributed by atoms with Crippen LogP contribution >= 0.6 is 0 Å². The minimum absolute atomic E-state index is 0. The van der Waals surface area contributed by atoms with Crippen LogP contribution in [0, 0.1) is 0 Å². The van der Waals surface area contributed by atoms with Gasteiger partial charge in [0.1, 0.15) is 0 Å². The first-order chi connectivity index (χ1) is 4.77. The standard InChI is InChI=1S/C8H16O2.K.Na.H/c1-2-3-4-5-6-7-8(9)10;;;/h2-7H2,1H3,(H,9,10);;;/q;+1;;/p-1. The summed E-state index contributed by atoms with van der Waals surface area (Å²) >= 11 is 0. The second-order valence-corrected chi connectivity index (χ2v) is 2.54. The Morgan fingerprint density at radius 3 is 2.08 bits per heavy atom. The molecule has 0 N–H and O–H groups in total. The van der Waals surface area contributed by atoms with Gasteiger partial charge >= 0.3 is 80.9 Å². The van der Waals surface area contributed by atoms with Gasteiger partial charge in [-0.05, 0) is 12.8 Å². The second kappa shape index (κ2) is 15.6. The van der Waals surface area contributed by atoms with E-state index >= 15 is 0 Å². The van der Waals surface area contributed by atoms with Crippen molar-refractivity contribution in [3.8, 4) is 0 Å². The molecule has 0 amide bonds. The molecule has 0 atom stereocenters. The van der Waals surface area contributed by atoms with Gasteiger partial charge in [-0.15, -0.1) is 0 Å². The zero-order valence-corrected chi connectivity index (χ0v) is 10.7. The van der Waals surface area contributed by atoms with Crippen LogP contribution < -0.4 is 56.5 Å². The van der Waals surface area contributed by atoms with Crippen molar-refractivity contribution in [2.45, 2.75) is 45.4 Å². The predicted octanol–water partition coefficient (Wildman–Crippen LogP) is -2.55. The van der Waals surface area contributed by atoms with E-state index in [1.165, 1.54) is 12.8 Å². The van der Waals surface area contributed by atoms with Gasteiger partial charge in [-0.2, -0.15) is 0 Å². The van der Waals surface area contributed by atoms with Crippen LogP contribution in [0.3, 0.4) is 0 Å². The van der Waals surface area contributed by atoms with Gasteiger partial charge in [0.15, 0.2) is 0 Å². The summed E-state index contributed by atoms with van der Waals surface area (Å²) in [7, 11) is 0. The number of carboxylic acids is 1. The zero-order valence-electron chi connectivity index (χ0n) is 7.56. The van der Waals surface area contributed by atoms with Crippen molar-refractivity contribution in [2.75, 3.05) is 0 Å². The average Bonchev–Trinajstić information content (AvgIpc) is 1.87. The third-order valence-corrected chi connectivity index (χ3v) is 1.48. The Morgan fingerprint density at radius 1 is 1.17 bits per heavy atom. The first-order valence-corrected chi connectivity index (χ1v) is 3.97. The fraction of sp³-hybridized carbons (Fsp3) is 0.875. The molecular formula is C8H16KNaO2. The van der Waals surface area contributed by atoms with Gasteiger partial charge in [0, 0.05) is 5.97 Å². The summed E-state index contributed by atoms with van der Waals surface area (Å²) in [5.74, 6) is -0.920. The van der Waals surface area contributed by atoms with Gasteiger partial charge < -0.3 is 9.90 Å². The Hall–Kier alpha value is 2.11. The van der Waals surface area contributed by atoms with E-state index in [0.29, 0.717) is 0 Å². The fourth-order valence-corrected chi connectivity index (χ4v) is 0.873. The maximum atomic E-state index is 9.92. The quantitative estimate of drug-likeness (QED) is 0.355. The monoisotopic (exact) mass is 206 g/mol. The topological polar surface area (TPSA) is 40.1 Å².